The monoisotopic (exact) mass is 249 g/mol. The van der Waals surface area contributed by atoms with Crippen LogP contribution in [0.1, 0.15) is 29.6 Å². The Morgan fingerprint density at radius 1 is 1.22 bits per heavy atom. The predicted molar refractivity (Wildman–Crippen MR) is 69.8 cm³/mol. The fourth-order valence-corrected chi connectivity index (χ4v) is 2.60. The minimum atomic E-state index is -0.905. The third kappa shape index (κ3) is 3.01. The lowest BCUT2D eigenvalue weighted by Gasteiger charge is -2.18. The van der Waals surface area contributed by atoms with Gasteiger partial charge in [-0.1, -0.05) is 6.42 Å². The molecule has 0 spiro atoms. The summed E-state index contributed by atoms with van der Waals surface area (Å²) in [5, 5.41) is 21.3. The molecule has 2 unspecified atom stereocenters. The molecule has 0 saturated heterocycles. The van der Waals surface area contributed by atoms with Gasteiger partial charge in [-0.3, -0.25) is 0 Å². The summed E-state index contributed by atoms with van der Waals surface area (Å²) in [4.78, 5) is 10.7. The van der Waals surface area contributed by atoms with Gasteiger partial charge in [-0.05, 0) is 48.9 Å². The third-order valence-electron chi connectivity index (χ3n) is 3.75. The lowest BCUT2D eigenvalue weighted by molar-refractivity contribution is 0.0697. The number of carboxylic acid groups (broad SMARTS) is 1. The van der Waals surface area contributed by atoms with Gasteiger partial charge >= 0.3 is 5.97 Å². The number of benzene rings is 1. The summed E-state index contributed by atoms with van der Waals surface area (Å²) >= 11 is 0. The summed E-state index contributed by atoms with van der Waals surface area (Å²) in [6, 6.07) is 6.77. The van der Waals surface area contributed by atoms with Crippen LogP contribution in [0.3, 0.4) is 0 Å². The smallest absolute Gasteiger partial charge is 0.335 e. The van der Waals surface area contributed by atoms with E-state index in [1.54, 1.807) is 24.3 Å². The molecule has 98 valence electrons. The van der Waals surface area contributed by atoms with Gasteiger partial charge in [0.1, 0.15) is 0 Å². The number of nitrogens with one attached hydrogen (secondary N) is 1. The Bertz CT molecular complexity index is 402. The van der Waals surface area contributed by atoms with E-state index < -0.39 is 5.97 Å². The second kappa shape index (κ2) is 5.87. The van der Waals surface area contributed by atoms with Gasteiger partial charge in [-0.25, -0.2) is 4.79 Å². The van der Waals surface area contributed by atoms with E-state index in [4.69, 9.17) is 5.11 Å². The van der Waals surface area contributed by atoms with Gasteiger partial charge in [0.25, 0.3) is 0 Å². The molecule has 2 rings (SSSR count). The highest BCUT2D eigenvalue weighted by Gasteiger charge is 2.26. The maximum absolute atomic E-state index is 10.7. The Labute approximate surface area is 107 Å². The van der Waals surface area contributed by atoms with Crippen LogP contribution in [0.5, 0.6) is 0 Å². The first-order chi connectivity index (χ1) is 8.70. The van der Waals surface area contributed by atoms with Gasteiger partial charge in [-0.15, -0.1) is 0 Å². The largest absolute Gasteiger partial charge is 0.478 e. The molecule has 1 aromatic rings. The highest BCUT2D eigenvalue weighted by atomic mass is 16.4. The lowest BCUT2D eigenvalue weighted by Crippen LogP contribution is -2.20. The molecule has 0 heterocycles. The molecule has 0 bridgehead atoms. The second-order valence-electron chi connectivity index (χ2n) is 4.90. The van der Waals surface area contributed by atoms with Gasteiger partial charge in [0.05, 0.1) is 5.56 Å². The van der Waals surface area contributed by atoms with E-state index in [9.17, 15) is 9.90 Å². The molecule has 1 saturated carbocycles. The minimum Gasteiger partial charge on any atom is -0.478 e. The maximum Gasteiger partial charge on any atom is 0.335 e. The van der Waals surface area contributed by atoms with Gasteiger partial charge in [0, 0.05) is 18.8 Å². The number of hydrogen-bond donors (Lipinski definition) is 3. The molecule has 4 nitrogen and oxygen atoms in total. The topological polar surface area (TPSA) is 69.6 Å². The molecule has 18 heavy (non-hydrogen) atoms. The van der Waals surface area contributed by atoms with Crippen LogP contribution in [0.25, 0.3) is 0 Å². The number of aliphatic hydroxyl groups excluding tert-OH is 1. The van der Waals surface area contributed by atoms with Crippen molar-refractivity contribution in [1.29, 1.82) is 0 Å². The van der Waals surface area contributed by atoms with E-state index in [-0.39, 0.29) is 6.61 Å². The first-order valence-electron chi connectivity index (χ1n) is 6.39. The number of hydrogen-bond acceptors (Lipinski definition) is 3. The van der Waals surface area contributed by atoms with Crippen LogP contribution in [0, 0.1) is 11.8 Å². The first kappa shape index (κ1) is 12.9. The Morgan fingerprint density at radius 3 is 2.50 bits per heavy atom. The Balaban J connectivity index is 1.88. The van der Waals surface area contributed by atoms with Crippen LogP contribution >= 0.6 is 0 Å². The SMILES string of the molecule is O=C(O)c1ccc(NCC2CCCC2CO)cc1. The molecule has 0 amide bonds. The van der Waals surface area contributed by atoms with Crippen molar-refractivity contribution in [3.8, 4) is 0 Å². The summed E-state index contributed by atoms with van der Waals surface area (Å²) in [7, 11) is 0. The van der Waals surface area contributed by atoms with E-state index >= 15 is 0 Å². The number of aliphatic hydroxyl groups is 1. The molecule has 1 aliphatic rings. The van der Waals surface area contributed by atoms with Gasteiger partial charge < -0.3 is 15.5 Å². The van der Waals surface area contributed by atoms with Crippen LogP contribution in [-0.4, -0.2) is 29.3 Å². The van der Waals surface area contributed by atoms with Crippen LogP contribution in [-0.2, 0) is 0 Å². The van der Waals surface area contributed by atoms with Gasteiger partial charge in [0.15, 0.2) is 0 Å². The van der Waals surface area contributed by atoms with E-state index in [2.05, 4.69) is 5.32 Å². The number of aromatic carboxylic acids is 1. The minimum absolute atomic E-state index is 0.268. The third-order valence-corrected chi connectivity index (χ3v) is 3.75. The zero-order chi connectivity index (χ0) is 13.0. The molecule has 4 heteroatoms. The molecular weight excluding hydrogens is 230 g/mol. The molecule has 0 aliphatic heterocycles. The molecular formula is C14H19NO3. The van der Waals surface area contributed by atoms with Crippen molar-refractivity contribution >= 4 is 11.7 Å². The average Bonchev–Trinajstić information content (AvgIpc) is 2.84. The van der Waals surface area contributed by atoms with Crippen molar-refractivity contribution in [2.45, 2.75) is 19.3 Å². The van der Waals surface area contributed by atoms with Crippen molar-refractivity contribution in [2.75, 3.05) is 18.5 Å². The number of carboxylic acids is 1. The van der Waals surface area contributed by atoms with Crippen LogP contribution in [0.2, 0.25) is 0 Å². The van der Waals surface area contributed by atoms with Gasteiger partial charge in [0.2, 0.25) is 0 Å². The molecule has 1 aliphatic carbocycles. The van der Waals surface area contributed by atoms with Gasteiger partial charge in [-0.2, -0.15) is 0 Å². The van der Waals surface area contributed by atoms with Crippen LogP contribution in [0.15, 0.2) is 24.3 Å². The summed E-state index contributed by atoms with van der Waals surface area (Å²) in [5.41, 5.74) is 1.23. The number of carbonyl (C=O) groups is 1. The van der Waals surface area contributed by atoms with E-state index in [1.165, 1.54) is 6.42 Å². The van der Waals surface area contributed by atoms with Crippen molar-refractivity contribution in [3.63, 3.8) is 0 Å². The first-order valence-corrected chi connectivity index (χ1v) is 6.39. The molecule has 0 radical (unpaired) electrons. The molecule has 3 N–H and O–H groups in total. The Kier molecular flexibility index (Phi) is 4.20. The molecule has 0 aromatic heterocycles. The number of anilines is 1. The predicted octanol–water partition coefficient (Wildman–Crippen LogP) is 2.21. The summed E-state index contributed by atoms with van der Waals surface area (Å²) in [6.07, 6.45) is 3.46. The van der Waals surface area contributed by atoms with Crippen LogP contribution < -0.4 is 5.32 Å². The standard InChI is InChI=1S/C14H19NO3/c16-9-12-3-1-2-11(12)8-15-13-6-4-10(5-7-13)14(17)18/h4-7,11-12,15-16H,1-3,8-9H2,(H,17,18). The maximum atomic E-state index is 10.7. The molecule has 1 fully saturated rings. The number of rotatable bonds is 5. The van der Waals surface area contributed by atoms with Crippen molar-refractivity contribution < 1.29 is 15.0 Å². The fourth-order valence-electron chi connectivity index (χ4n) is 2.60. The fraction of sp³-hybridized carbons (Fsp3) is 0.500. The lowest BCUT2D eigenvalue weighted by atomic mass is 9.97. The van der Waals surface area contributed by atoms with E-state index in [0.717, 1.165) is 25.1 Å². The second-order valence-corrected chi connectivity index (χ2v) is 4.90. The van der Waals surface area contributed by atoms with Crippen LogP contribution in [0.4, 0.5) is 5.69 Å². The average molecular weight is 249 g/mol. The highest BCUT2D eigenvalue weighted by Crippen LogP contribution is 2.31. The summed E-state index contributed by atoms with van der Waals surface area (Å²) < 4.78 is 0. The molecule has 1 aromatic carbocycles. The Hall–Kier alpha value is -1.55. The zero-order valence-electron chi connectivity index (χ0n) is 10.3. The van der Waals surface area contributed by atoms with E-state index in [1.807, 2.05) is 0 Å². The van der Waals surface area contributed by atoms with Crippen molar-refractivity contribution in [1.82, 2.24) is 0 Å². The Morgan fingerprint density at radius 2 is 1.89 bits per heavy atom. The highest BCUT2D eigenvalue weighted by molar-refractivity contribution is 5.87. The zero-order valence-corrected chi connectivity index (χ0v) is 10.3. The van der Waals surface area contributed by atoms with E-state index in [0.29, 0.717) is 17.4 Å². The normalized spacial score (nSPS) is 22.9. The van der Waals surface area contributed by atoms with Crippen molar-refractivity contribution in [2.24, 2.45) is 11.8 Å². The summed E-state index contributed by atoms with van der Waals surface area (Å²) in [5.74, 6) is 0.0302. The summed E-state index contributed by atoms with van der Waals surface area (Å²) in [6.45, 7) is 1.11. The van der Waals surface area contributed by atoms with Crippen molar-refractivity contribution in [3.05, 3.63) is 29.8 Å². The molecule has 2 atom stereocenters. The quantitative estimate of drug-likeness (QED) is 0.748.